The Morgan fingerprint density at radius 3 is 2.67 bits per heavy atom. The molecule has 0 aliphatic heterocycles. The van der Waals surface area contributed by atoms with E-state index in [0.717, 1.165) is 5.56 Å². The average molecular weight is 344 g/mol. The molecule has 108 valence electrons. The summed E-state index contributed by atoms with van der Waals surface area (Å²) in [5.41, 5.74) is 2.27. The minimum absolute atomic E-state index is 0.0519. The largest absolute Gasteiger partial charge is 0.322 e. The maximum absolute atomic E-state index is 13.7. The van der Waals surface area contributed by atoms with Crippen LogP contribution in [0.5, 0.6) is 0 Å². The van der Waals surface area contributed by atoms with Crippen molar-refractivity contribution in [2.45, 2.75) is 12.4 Å². The monoisotopic (exact) mass is 342 g/mol. The molecule has 2 nitrogen and oxygen atoms in total. The van der Waals surface area contributed by atoms with E-state index in [9.17, 15) is 4.39 Å². The topological polar surface area (TPSA) is 17.8 Å². The molecule has 0 spiro atoms. The Balaban J connectivity index is 2.14. The third-order valence-corrected chi connectivity index (χ3v) is 3.98. The molecule has 0 fully saturated rings. The van der Waals surface area contributed by atoms with Gasteiger partial charge in [0.2, 0.25) is 0 Å². The molecule has 0 amide bonds. The summed E-state index contributed by atoms with van der Waals surface area (Å²) >= 11 is 17.7. The summed E-state index contributed by atoms with van der Waals surface area (Å²) in [6.07, 6.45) is 0. The molecule has 2 aromatic carbocycles. The van der Waals surface area contributed by atoms with Gasteiger partial charge in [-0.05, 0) is 23.8 Å². The van der Waals surface area contributed by atoms with Crippen molar-refractivity contribution in [1.29, 1.82) is 0 Å². The van der Waals surface area contributed by atoms with E-state index in [1.54, 1.807) is 6.07 Å². The predicted octanol–water partition coefficient (Wildman–Crippen LogP) is 5.27. The first-order valence-electron chi connectivity index (χ1n) is 6.23. The highest BCUT2D eigenvalue weighted by atomic mass is 35.5. The minimum Gasteiger partial charge on any atom is -0.322 e. The number of hydrogen-bond donors (Lipinski definition) is 0. The lowest BCUT2D eigenvalue weighted by molar-refractivity contribution is 0.628. The second-order valence-electron chi connectivity index (χ2n) is 4.63. The third-order valence-electron chi connectivity index (χ3n) is 3.22. The fourth-order valence-electron chi connectivity index (χ4n) is 2.27. The number of aromatic nitrogens is 2. The molecule has 0 aliphatic carbocycles. The summed E-state index contributed by atoms with van der Waals surface area (Å²) in [6, 6.07) is 10.4. The molecule has 0 N–H and O–H groups in total. The fraction of sp³-hybridized carbons (Fsp3) is 0.133. The van der Waals surface area contributed by atoms with Crippen molar-refractivity contribution in [1.82, 2.24) is 9.55 Å². The molecular weight excluding hydrogens is 334 g/mol. The van der Waals surface area contributed by atoms with E-state index in [0.29, 0.717) is 28.4 Å². The first-order chi connectivity index (χ1) is 10.1. The molecular formula is C15H10Cl3FN2. The first-order valence-corrected chi connectivity index (χ1v) is 7.52. The molecule has 0 bridgehead atoms. The number of alkyl halides is 1. The molecule has 6 heteroatoms. The van der Waals surface area contributed by atoms with Crippen LogP contribution in [-0.4, -0.2) is 9.55 Å². The molecule has 3 aromatic rings. The highest BCUT2D eigenvalue weighted by molar-refractivity contribution is 6.31. The van der Waals surface area contributed by atoms with E-state index >= 15 is 0 Å². The van der Waals surface area contributed by atoms with E-state index in [1.807, 2.05) is 22.8 Å². The molecule has 1 aromatic heterocycles. The normalized spacial score (nSPS) is 11.2. The van der Waals surface area contributed by atoms with Gasteiger partial charge in [-0.3, -0.25) is 0 Å². The molecule has 21 heavy (non-hydrogen) atoms. The second kappa shape index (κ2) is 5.84. The van der Waals surface area contributed by atoms with Gasteiger partial charge in [0.1, 0.15) is 11.6 Å². The maximum atomic E-state index is 13.7. The summed E-state index contributed by atoms with van der Waals surface area (Å²) in [5.74, 6) is 0.417. The Bertz CT molecular complexity index is 814. The summed E-state index contributed by atoms with van der Waals surface area (Å²) < 4.78 is 15.6. The van der Waals surface area contributed by atoms with Crippen LogP contribution in [0.25, 0.3) is 11.0 Å². The Morgan fingerprint density at radius 1 is 1.14 bits per heavy atom. The fourth-order valence-corrected chi connectivity index (χ4v) is 2.84. The van der Waals surface area contributed by atoms with Crippen LogP contribution >= 0.6 is 34.8 Å². The molecule has 3 rings (SSSR count). The molecule has 0 aliphatic rings. The van der Waals surface area contributed by atoms with Gasteiger partial charge < -0.3 is 4.57 Å². The zero-order valence-corrected chi connectivity index (χ0v) is 13.1. The molecule has 0 atom stereocenters. The van der Waals surface area contributed by atoms with Gasteiger partial charge in [-0.25, -0.2) is 9.37 Å². The quantitative estimate of drug-likeness (QED) is 0.592. The summed E-state index contributed by atoms with van der Waals surface area (Å²) in [7, 11) is 0. The lowest BCUT2D eigenvalue weighted by Gasteiger charge is -2.08. The van der Waals surface area contributed by atoms with Gasteiger partial charge in [0.25, 0.3) is 0 Å². The van der Waals surface area contributed by atoms with Crippen molar-refractivity contribution >= 4 is 45.8 Å². The number of rotatable bonds is 3. The van der Waals surface area contributed by atoms with Crippen LogP contribution in [0.2, 0.25) is 10.0 Å². The summed E-state index contributed by atoms with van der Waals surface area (Å²) in [4.78, 5) is 4.40. The number of halogens is 4. The lowest BCUT2D eigenvalue weighted by atomic mass is 10.2. The second-order valence-corrected chi connectivity index (χ2v) is 5.74. The van der Waals surface area contributed by atoms with Crippen molar-refractivity contribution in [3.8, 4) is 0 Å². The number of benzene rings is 2. The van der Waals surface area contributed by atoms with Crippen LogP contribution in [0.15, 0.2) is 36.4 Å². The van der Waals surface area contributed by atoms with Crippen molar-refractivity contribution in [3.63, 3.8) is 0 Å². The molecule has 1 heterocycles. The van der Waals surface area contributed by atoms with Gasteiger partial charge in [-0.15, -0.1) is 11.6 Å². The number of nitrogens with zero attached hydrogens (tertiary/aromatic N) is 2. The molecule has 0 radical (unpaired) electrons. The van der Waals surface area contributed by atoms with Gasteiger partial charge in [-0.2, -0.15) is 0 Å². The van der Waals surface area contributed by atoms with Gasteiger partial charge in [0.05, 0.1) is 21.9 Å². The summed E-state index contributed by atoms with van der Waals surface area (Å²) in [6.45, 7) is 0.514. The number of fused-ring (bicyclic) bond motifs is 1. The Labute approximate surface area is 136 Å². The Morgan fingerprint density at radius 2 is 1.95 bits per heavy atom. The van der Waals surface area contributed by atoms with Gasteiger partial charge in [-0.1, -0.05) is 35.3 Å². The highest BCUT2D eigenvalue weighted by Crippen LogP contribution is 2.25. The van der Waals surface area contributed by atoms with Crippen molar-refractivity contribution in [3.05, 3.63) is 63.6 Å². The van der Waals surface area contributed by atoms with E-state index in [-0.39, 0.29) is 10.9 Å². The zero-order chi connectivity index (χ0) is 15.0. The highest BCUT2D eigenvalue weighted by Gasteiger charge is 2.13. The van der Waals surface area contributed by atoms with Crippen LogP contribution in [0.3, 0.4) is 0 Å². The molecule has 0 saturated carbocycles. The van der Waals surface area contributed by atoms with E-state index < -0.39 is 5.82 Å². The van der Waals surface area contributed by atoms with Crippen LogP contribution in [0.4, 0.5) is 4.39 Å². The van der Waals surface area contributed by atoms with Crippen molar-refractivity contribution in [2.24, 2.45) is 0 Å². The van der Waals surface area contributed by atoms with Gasteiger partial charge in [0, 0.05) is 17.6 Å². The smallest absolute Gasteiger partial charge is 0.144 e. The minimum atomic E-state index is -0.475. The van der Waals surface area contributed by atoms with E-state index in [1.165, 1.54) is 12.1 Å². The zero-order valence-electron chi connectivity index (χ0n) is 10.8. The van der Waals surface area contributed by atoms with Crippen LogP contribution in [0, 0.1) is 5.82 Å². The Kier molecular flexibility index (Phi) is 4.07. The van der Waals surface area contributed by atoms with Crippen LogP contribution in [-0.2, 0) is 12.4 Å². The van der Waals surface area contributed by atoms with Crippen molar-refractivity contribution in [2.75, 3.05) is 0 Å². The van der Waals surface area contributed by atoms with E-state index in [4.69, 9.17) is 34.8 Å². The first kappa shape index (κ1) is 14.6. The number of hydrogen-bond acceptors (Lipinski definition) is 1. The van der Waals surface area contributed by atoms with Crippen LogP contribution < -0.4 is 0 Å². The van der Waals surface area contributed by atoms with Gasteiger partial charge in [0.15, 0.2) is 0 Å². The predicted molar refractivity (Wildman–Crippen MR) is 84.8 cm³/mol. The lowest BCUT2D eigenvalue weighted by Crippen LogP contribution is -2.04. The average Bonchev–Trinajstić information content (AvgIpc) is 2.77. The molecule has 0 unspecified atom stereocenters. The standard InChI is InChI=1S/C15H10Cl3FN2/c16-7-15-20-13-5-11(18)12(19)6-14(13)21(15)8-9-2-1-3-10(17)4-9/h1-6H,7-8H2. The Hall–Kier alpha value is -1.29. The van der Waals surface area contributed by atoms with E-state index in [2.05, 4.69) is 4.98 Å². The molecule has 0 saturated heterocycles. The number of imidazole rings is 1. The third kappa shape index (κ3) is 2.86. The SMILES string of the molecule is Fc1cc2c(cc1Cl)nc(CCl)n2Cc1cccc(Cl)c1. The van der Waals surface area contributed by atoms with Gasteiger partial charge >= 0.3 is 0 Å². The summed E-state index contributed by atoms with van der Waals surface area (Å²) in [5, 5.41) is 0.703. The van der Waals surface area contributed by atoms with Crippen LogP contribution in [0.1, 0.15) is 11.4 Å². The van der Waals surface area contributed by atoms with Crippen molar-refractivity contribution < 1.29 is 4.39 Å². The maximum Gasteiger partial charge on any atom is 0.144 e.